The Hall–Kier alpha value is -1.56. The van der Waals surface area contributed by atoms with Gasteiger partial charge in [0.05, 0.1) is 26.9 Å². The zero-order valence-corrected chi connectivity index (χ0v) is 12.4. The maximum Gasteiger partial charge on any atom is 0.127 e. The smallest absolute Gasteiger partial charge is 0.127 e. The summed E-state index contributed by atoms with van der Waals surface area (Å²) < 4.78 is 10.6. The number of hydrogen-bond donors (Lipinski definition) is 2. The normalized spacial score (nSPS) is 12.2. The first kappa shape index (κ1) is 14.8. The summed E-state index contributed by atoms with van der Waals surface area (Å²) in [6, 6.07) is 9.52. The highest BCUT2D eigenvalue weighted by Crippen LogP contribution is 2.29. The van der Waals surface area contributed by atoms with E-state index in [0.717, 1.165) is 17.9 Å². The second kappa shape index (κ2) is 7.28. The summed E-state index contributed by atoms with van der Waals surface area (Å²) in [5.41, 5.74) is 0.923. The molecule has 1 unspecified atom stereocenters. The number of aliphatic hydroxyl groups excluding tert-OH is 1. The number of thiophene rings is 1. The van der Waals surface area contributed by atoms with E-state index in [9.17, 15) is 5.11 Å². The van der Waals surface area contributed by atoms with E-state index >= 15 is 0 Å². The minimum absolute atomic E-state index is 0.00800. The SMILES string of the molecule is COc1ccc(C(CO)NCc2cccs2)c(OC)c1. The Kier molecular flexibility index (Phi) is 5.40. The van der Waals surface area contributed by atoms with Crippen LogP contribution in [0.3, 0.4) is 0 Å². The van der Waals surface area contributed by atoms with Crippen LogP contribution in [0, 0.1) is 0 Å². The molecule has 5 heteroatoms. The van der Waals surface area contributed by atoms with Gasteiger partial charge in [0.1, 0.15) is 11.5 Å². The third-order valence-electron chi connectivity index (χ3n) is 3.10. The van der Waals surface area contributed by atoms with E-state index in [1.54, 1.807) is 25.6 Å². The van der Waals surface area contributed by atoms with Gasteiger partial charge in [-0.2, -0.15) is 0 Å². The fraction of sp³-hybridized carbons (Fsp3) is 0.333. The van der Waals surface area contributed by atoms with E-state index in [0.29, 0.717) is 5.75 Å². The van der Waals surface area contributed by atoms with Crippen molar-refractivity contribution in [2.24, 2.45) is 0 Å². The van der Waals surface area contributed by atoms with E-state index in [2.05, 4.69) is 11.4 Å². The molecule has 0 saturated carbocycles. The second-order valence-corrected chi connectivity index (χ2v) is 5.34. The second-order valence-electron chi connectivity index (χ2n) is 4.30. The number of nitrogens with one attached hydrogen (secondary N) is 1. The molecule has 0 fully saturated rings. The zero-order valence-electron chi connectivity index (χ0n) is 11.6. The molecule has 0 radical (unpaired) electrons. The molecule has 1 aromatic heterocycles. The summed E-state index contributed by atoms with van der Waals surface area (Å²) in [4.78, 5) is 1.23. The highest BCUT2D eigenvalue weighted by molar-refractivity contribution is 7.09. The van der Waals surface area contributed by atoms with Crippen molar-refractivity contribution in [2.75, 3.05) is 20.8 Å². The Bertz CT molecular complexity index is 528. The van der Waals surface area contributed by atoms with Crippen LogP contribution in [0.4, 0.5) is 0 Å². The highest BCUT2D eigenvalue weighted by Gasteiger charge is 2.15. The molecule has 108 valence electrons. The van der Waals surface area contributed by atoms with Gasteiger partial charge in [-0.05, 0) is 23.6 Å². The lowest BCUT2D eigenvalue weighted by Gasteiger charge is -2.19. The van der Waals surface area contributed by atoms with Crippen LogP contribution in [0.15, 0.2) is 35.7 Å². The molecular weight excluding hydrogens is 274 g/mol. The molecule has 0 aliphatic rings. The Morgan fingerprint density at radius 2 is 2.10 bits per heavy atom. The molecule has 2 rings (SSSR count). The van der Waals surface area contributed by atoms with E-state index in [1.807, 2.05) is 29.6 Å². The Morgan fingerprint density at radius 3 is 2.70 bits per heavy atom. The Balaban J connectivity index is 2.13. The van der Waals surface area contributed by atoms with Crippen molar-refractivity contribution >= 4 is 11.3 Å². The van der Waals surface area contributed by atoms with Crippen molar-refractivity contribution in [3.05, 3.63) is 46.2 Å². The number of benzene rings is 1. The van der Waals surface area contributed by atoms with Gasteiger partial charge < -0.3 is 19.9 Å². The average Bonchev–Trinajstić information content (AvgIpc) is 3.01. The van der Waals surface area contributed by atoms with Crippen LogP contribution in [0.1, 0.15) is 16.5 Å². The molecule has 1 heterocycles. The Morgan fingerprint density at radius 1 is 1.25 bits per heavy atom. The maximum atomic E-state index is 9.61. The number of aliphatic hydroxyl groups is 1. The first-order valence-electron chi connectivity index (χ1n) is 6.37. The average molecular weight is 293 g/mol. The third kappa shape index (κ3) is 3.50. The molecular formula is C15H19NO3S. The highest BCUT2D eigenvalue weighted by atomic mass is 32.1. The topological polar surface area (TPSA) is 50.7 Å². The van der Waals surface area contributed by atoms with Crippen LogP contribution >= 0.6 is 11.3 Å². The molecule has 0 amide bonds. The maximum absolute atomic E-state index is 9.61. The fourth-order valence-corrected chi connectivity index (χ4v) is 2.67. The summed E-state index contributed by atoms with van der Waals surface area (Å²) in [6.45, 7) is 0.728. The van der Waals surface area contributed by atoms with E-state index < -0.39 is 0 Å². The van der Waals surface area contributed by atoms with Crippen LogP contribution in [0.5, 0.6) is 11.5 Å². The summed E-state index contributed by atoms with van der Waals surface area (Å²) in [6.07, 6.45) is 0. The van der Waals surface area contributed by atoms with E-state index in [4.69, 9.17) is 9.47 Å². The molecule has 0 aliphatic heterocycles. The van der Waals surface area contributed by atoms with Crippen LogP contribution < -0.4 is 14.8 Å². The fourth-order valence-electron chi connectivity index (χ4n) is 2.02. The number of hydrogen-bond acceptors (Lipinski definition) is 5. The Labute approximate surface area is 123 Å². The van der Waals surface area contributed by atoms with Crippen molar-refractivity contribution < 1.29 is 14.6 Å². The molecule has 4 nitrogen and oxygen atoms in total. The monoisotopic (exact) mass is 293 g/mol. The molecule has 0 bridgehead atoms. The molecule has 0 spiro atoms. The van der Waals surface area contributed by atoms with E-state index in [-0.39, 0.29) is 12.6 Å². The number of ether oxygens (including phenoxy) is 2. The summed E-state index contributed by atoms with van der Waals surface area (Å²) in [5.74, 6) is 1.45. The minimum atomic E-state index is -0.169. The quantitative estimate of drug-likeness (QED) is 0.824. The van der Waals surface area contributed by atoms with E-state index in [1.165, 1.54) is 4.88 Å². The van der Waals surface area contributed by atoms with Gasteiger partial charge in [0, 0.05) is 23.1 Å². The third-order valence-corrected chi connectivity index (χ3v) is 3.98. The lowest BCUT2D eigenvalue weighted by molar-refractivity contribution is 0.240. The van der Waals surface area contributed by atoms with Crippen LogP contribution in [-0.2, 0) is 6.54 Å². The minimum Gasteiger partial charge on any atom is -0.497 e. The van der Waals surface area contributed by atoms with Crippen LogP contribution in [0.25, 0.3) is 0 Å². The van der Waals surface area contributed by atoms with Gasteiger partial charge in [-0.3, -0.25) is 0 Å². The van der Waals surface area contributed by atoms with Gasteiger partial charge in [-0.15, -0.1) is 11.3 Å². The molecule has 1 atom stereocenters. The summed E-state index contributed by atoms with van der Waals surface area (Å²) >= 11 is 1.69. The van der Waals surface area contributed by atoms with Gasteiger partial charge in [0.15, 0.2) is 0 Å². The zero-order chi connectivity index (χ0) is 14.4. The summed E-state index contributed by atoms with van der Waals surface area (Å²) in [5, 5.41) is 15.0. The summed E-state index contributed by atoms with van der Waals surface area (Å²) in [7, 11) is 3.24. The van der Waals surface area contributed by atoms with Gasteiger partial charge in [0.2, 0.25) is 0 Å². The number of rotatable bonds is 7. The van der Waals surface area contributed by atoms with Gasteiger partial charge in [-0.1, -0.05) is 6.07 Å². The van der Waals surface area contributed by atoms with Gasteiger partial charge in [-0.25, -0.2) is 0 Å². The lowest BCUT2D eigenvalue weighted by Crippen LogP contribution is -2.24. The first-order valence-corrected chi connectivity index (χ1v) is 7.25. The lowest BCUT2D eigenvalue weighted by atomic mass is 10.1. The predicted octanol–water partition coefficient (Wildman–Crippen LogP) is 2.59. The van der Waals surface area contributed by atoms with Crippen molar-refractivity contribution in [2.45, 2.75) is 12.6 Å². The molecule has 0 aliphatic carbocycles. The van der Waals surface area contributed by atoms with Crippen molar-refractivity contribution in [1.29, 1.82) is 0 Å². The first-order chi connectivity index (χ1) is 9.78. The molecule has 20 heavy (non-hydrogen) atoms. The van der Waals surface area contributed by atoms with Gasteiger partial charge >= 0.3 is 0 Å². The van der Waals surface area contributed by atoms with Crippen molar-refractivity contribution in [1.82, 2.24) is 5.32 Å². The van der Waals surface area contributed by atoms with Crippen LogP contribution in [-0.4, -0.2) is 25.9 Å². The largest absolute Gasteiger partial charge is 0.497 e. The van der Waals surface area contributed by atoms with Gasteiger partial charge in [0.25, 0.3) is 0 Å². The molecule has 1 aromatic carbocycles. The molecule has 0 saturated heterocycles. The van der Waals surface area contributed by atoms with Crippen molar-refractivity contribution in [3.8, 4) is 11.5 Å². The number of methoxy groups -OCH3 is 2. The van der Waals surface area contributed by atoms with Crippen LogP contribution in [0.2, 0.25) is 0 Å². The predicted molar refractivity (Wildman–Crippen MR) is 80.5 cm³/mol. The molecule has 2 N–H and O–H groups in total. The van der Waals surface area contributed by atoms with Crippen molar-refractivity contribution in [3.63, 3.8) is 0 Å². The molecule has 2 aromatic rings. The standard InChI is InChI=1S/C15H19NO3S/c1-18-11-5-6-13(15(8-11)19-2)14(10-17)16-9-12-4-3-7-20-12/h3-8,14,16-17H,9-10H2,1-2H3.